The number of aliphatic hydroxyl groups excluding tert-OH is 3. The van der Waals surface area contributed by atoms with Crippen molar-refractivity contribution in [3.63, 3.8) is 0 Å². The lowest BCUT2D eigenvalue weighted by Crippen LogP contribution is -2.50. The van der Waals surface area contributed by atoms with E-state index in [1.807, 2.05) is 13.8 Å². The van der Waals surface area contributed by atoms with Gasteiger partial charge in [-0.3, -0.25) is 0 Å². The van der Waals surface area contributed by atoms with Crippen molar-refractivity contribution in [2.45, 2.75) is 39.7 Å². The van der Waals surface area contributed by atoms with Crippen molar-refractivity contribution < 1.29 is 15.3 Å². The molecule has 0 aliphatic rings. The second-order valence-corrected chi connectivity index (χ2v) is 2.54. The van der Waals surface area contributed by atoms with Gasteiger partial charge < -0.3 is 21.1 Å². The van der Waals surface area contributed by atoms with Crippen LogP contribution in [0.2, 0.25) is 0 Å². The molecule has 0 bridgehead atoms. The Labute approximate surface area is 81.4 Å². The van der Waals surface area contributed by atoms with Crippen molar-refractivity contribution in [1.82, 2.24) is 0 Å². The van der Waals surface area contributed by atoms with E-state index in [4.69, 9.17) is 21.1 Å². The summed E-state index contributed by atoms with van der Waals surface area (Å²) in [7, 11) is 0. The number of hydrogen-bond acceptors (Lipinski definition) is 4. The van der Waals surface area contributed by atoms with Crippen LogP contribution in [0.15, 0.2) is 0 Å². The summed E-state index contributed by atoms with van der Waals surface area (Å²) in [4.78, 5) is 0. The van der Waals surface area contributed by atoms with Crippen LogP contribution < -0.4 is 5.73 Å². The summed E-state index contributed by atoms with van der Waals surface area (Å²) >= 11 is 0. The summed E-state index contributed by atoms with van der Waals surface area (Å²) in [5.41, 5.74) is 3.94. The van der Waals surface area contributed by atoms with Gasteiger partial charge in [-0.05, 0) is 0 Å². The minimum atomic E-state index is -1.21. The summed E-state index contributed by atoms with van der Waals surface area (Å²) in [6, 6.07) is 0. The maximum atomic E-state index is 8.34. The van der Waals surface area contributed by atoms with Gasteiger partial charge >= 0.3 is 0 Å². The van der Waals surface area contributed by atoms with E-state index in [9.17, 15) is 0 Å². The molecule has 0 amide bonds. The third kappa shape index (κ3) is 14.7. The fourth-order valence-corrected chi connectivity index (χ4v) is 0.150. The van der Waals surface area contributed by atoms with Crippen LogP contribution in [0, 0.1) is 0 Å². The van der Waals surface area contributed by atoms with Crippen molar-refractivity contribution in [2.75, 3.05) is 19.8 Å². The van der Waals surface area contributed by atoms with Gasteiger partial charge in [0.1, 0.15) is 0 Å². The number of rotatable bonds is 3. The van der Waals surface area contributed by atoms with Crippen LogP contribution in [0.4, 0.5) is 0 Å². The average molecular weight is 195 g/mol. The summed E-state index contributed by atoms with van der Waals surface area (Å²) in [6.45, 7) is 7.04. The highest BCUT2D eigenvalue weighted by atomic mass is 16.3. The van der Waals surface area contributed by atoms with Crippen molar-refractivity contribution in [3.8, 4) is 0 Å². The van der Waals surface area contributed by atoms with Crippen LogP contribution in [0.1, 0.15) is 34.1 Å². The molecular formula is C9H25NO3. The van der Waals surface area contributed by atoms with Gasteiger partial charge in [0, 0.05) is 0 Å². The van der Waals surface area contributed by atoms with E-state index in [1.165, 1.54) is 6.42 Å². The number of hydrogen-bond donors (Lipinski definition) is 4. The first kappa shape index (κ1) is 18.6. The molecule has 0 atom stereocenters. The minimum absolute atomic E-state index is 0.403. The van der Waals surface area contributed by atoms with E-state index in [-0.39, 0.29) is 0 Å². The second-order valence-electron chi connectivity index (χ2n) is 2.54. The van der Waals surface area contributed by atoms with Crippen LogP contribution >= 0.6 is 0 Å². The van der Waals surface area contributed by atoms with Crippen molar-refractivity contribution in [2.24, 2.45) is 5.73 Å². The lowest BCUT2D eigenvalue weighted by atomic mass is 10.1. The first-order valence-corrected chi connectivity index (χ1v) is 4.71. The third-order valence-electron chi connectivity index (χ3n) is 0.945. The highest BCUT2D eigenvalue weighted by molar-refractivity contribution is 4.80. The molecule has 84 valence electrons. The zero-order valence-corrected chi connectivity index (χ0v) is 9.25. The quantitative estimate of drug-likeness (QED) is 0.514. The molecule has 0 saturated heterocycles. The topological polar surface area (TPSA) is 86.7 Å². The van der Waals surface area contributed by atoms with E-state index in [2.05, 4.69) is 13.8 Å². The average Bonchev–Trinajstić information content (AvgIpc) is 2.21. The molecule has 0 heterocycles. The van der Waals surface area contributed by atoms with E-state index in [1.54, 1.807) is 0 Å². The van der Waals surface area contributed by atoms with Crippen LogP contribution in [0.3, 0.4) is 0 Å². The van der Waals surface area contributed by atoms with E-state index in [0.29, 0.717) is 0 Å². The molecule has 4 heteroatoms. The summed E-state index contributed by atoms with van der Waals surface area (Å²) < 4.78 is 0. The lowest BCUT2D eigenvalue weighted by molar-refractivity contribution is 0.0698. The van der Waals surface area contributed by atoms with Gasteiger partial charge in [0.25, 0.3) is 0 Å². The summed E-state index contributed by atoms with van der Waals surface area (Å²) in [5, 5.41) is 25.0. The molecule has 0 aromatic rings. The minimum Gasteiger partial charge on any atom is -0.394 e. The Morgan fingerprint density at radius 1 is 0.923 bits per heavy atom. The molecule has 0 aliphatic heterocycles. The molecule has 0 rings (SSSR count). The molecule has 0 fully saturated rings. The summed E-state index contributed by atoms with van der Waals surface area (Å²) in [6.07, 6.45) is 1.25. The maximum Gasteiger partial charge on any atom is 0.0856 e. The van der Waals surface area contributed by atoms with E-state index < -0.39 is 25.4 Å². The third-order valence-corrected chi connectivity index (χ3v) is 0.945. The van der Waals surface area contributed by atoms with Crippen LogP contribution in [-0.4, -0.2) is 40.7 Å². The Morgan fingerprint density at radius 2 is 1.08 bits per heavy atom. The molecule has 13 heavy (non-hydrogen) atoms. The second kappa shape index (κ2) is 14.4. The molecule has 0 aromatic carbocycles. The van der Waals surface area contributed by atoms with Crippen molar-refractivity contribution in [3.05, 3.63) is 0 Å². The monoisotopic (exact) mass is 195 g/mol. The standard InChI is InChI=1S/C4H11NO3.C3H8.C2H6/c5-4(1-6,2-7)3-8;1-3-2;1-2/h6-8H,1-3,5H2;3H2,1-2H3;1-2H3. The predicted molar refractivity (Wildman–Crippen MR) is 55.5 cm³/mol. The molecule has 0 aliphatic carbocycles. The predicted octanol–water partition coefficient (Wildman–Crippen LogP) is 0.103. The molecule has 0 aromatic heterocycles. The number of aliphatic hydroxyl groups is 3. The highest BCUT2D eigenvalue weighted by Gasteiger charge is 2.20. The molecule has 0 spiro atoms. The van der Waals surface area contributed by atoms with Gasteiger partial charge in [0.05, 0.1) is 25.4 Å². The van der Waals surface area contributed by atoms with Gasteiger partial charge in [-0.1, -0.05) is 34.1 Å². The Balaban J connectivity index is -0.000000169. The molecule has 0 radical (unpaired) electrons. The number of nitrogens with two attached hydrogens (primary N) is 1. The van der Waals surface area contributed by atoms with Gasteiger partial charge in [-0.2, -0.15) is 0 Å². The van der Waals surface area contributed by atoms with Crippen LogP contribution in [0.5, 0.6) is 0 Å². The SMILES string of the molecule is CC.CCC.NC(CO)(CO)CO. The van der Waals surface area contributed by atoms with Crippen molar-refractivity contribution in [1.29, 1.82) is 0 Å². The van der Waals surface area contributed by atoms with Gasteiger partial charge in [0.15, 0.2) is 0 Å². The molecule has 0 unspecified atom stereocenters. The normalized spacial score (nSPS) is 9.23. The highest BCUT2D eigenvalue weighted by Crippen LogP contribution is 1.93. The Hall–Kier alpha value is -0.160. The zero-order chi connectivity index (χ0) is 11.3. The Morgan fingerprint density at radius 3 is 1.08 bits per heavy atom. The molecule has 5 N–H and O–H groups in total. The first-order chi connectivity index (χ1) is 6.10. The van der Waals surface area contributed by atoms with Gasteiger partial charge in [-0.15, -0.1) is 0 Å². The first-order valence-electron chi connectivity index (χ1n) is 4.71. The maximum absolute atomic E-state index is 8.34. The fraction of sp³-hybridized carbons (Fsp3) is 1.00. The van der Waals surface area contributed by atoms with Crippen LogP contribution in [0.25, 0.3) is 0 Å². The zero-order valence-electron chi connectivity index (χ0n) is 9.25. The van der Waals surface area contributed by atoms with Gasteiger partial charge in [-0.25, -0.2) is 0 Å². The molecule has 4 nitrogen and oxygen atoms in total. The lowest BCUT2D eigenvalue weighted by Gasteiger charge is -2.20. The van der Waals surface area contributed by atoms with Crippen LogP contribution in [-0.2, 0) is 0 Å². The Bertz CT molecular complexity index is 67.0. The summed E-state index contributed by atoms with van der Waals surface area (Å²) in [5.74, 6) is 0. The molecule has 0 saturated carbocycles. The Kier molecular flexibility index (Phi) is 20.5. The largest absolute Gasteiger partial charge is 0.394 e. The van der Waals surface area contributed by atoms with Gasteiger partial charge in [0.2, 0.25) is 0 Å². The van der Waals surface area contributed by atoms with Crippen molar-refractivity contribution >= 4 is 0 Å². The smallest absolute Gasteiger partial charge is 0.0856 e. The fourth-order valence-electron chi connectivity index (χ4n) is 0.150. The molecular weight excluding hydrogens is 170 g/mol. The van der Waals surface area contributed by atoms with E-state index in [0.717, 1.165) is 0 Å². The van der Waals surface area contributed by atoms with E-state index >= 15 is 0 Å².